The van der Waals surface area contributed by atoms with E-state index in [0.717, 1.165) is 0 Å². The van der Waals surface area contributed by atoms with E-state index in [-0.39, 0.29) is 10.9 Å². The van der Waals surface area contributed by atoms with Crippen LogP contribution in [-0.4, -0.2) is 5.48 Å². The van der Waals surface area contributed by atoms with E-state index in [1.54, 1.807) is 0 Å². The monoisotopic (exact) mass is 207 g/mol. The molecule has 85 valence electrons. The van der Waals surface area contributed by atoms with Gasteiger partial charge in [-0.05, 0) is 28.9 Å². The van der Waals surface area contributed by atoms with Crippen molar-refractivity contribution in [2.45, 2.75) is 52.4 Å². The van der Waals surface area contributed by atoms with Crippen molar-refractivity contribution in [3.05, 3.63) is 35.4 Å². The van der Waals surface area contributed by atoms with Gasteiger partial charge in [0.15, 0.2) is 0 Å². The molecule has 1 unspecified atom stereocenters. The van der Waals surface area contributed by atoms with Crippen LogP contribution in [0.15, 0.2) is 24.3 Å². The van der Waals surface area contributed by atoms with E-state index < -0.39 is 0 Å². The van der Waals surface area contributed by atoms with Gasteiger partial charge in [-0.15, -0.1) is 0 Å². The van der Waals surface area contributed by atoms with Crippen molar-refractivity contribution in [2.75, 3.05) is 0 Å². The van der Waals surface area contributed by atoms with Gasteiger partial charge in [0.25, 0.3) is 0 Å². The molecule has 1 aromatic carbocycles. The summed E-state index contributed by atoms with van der Waals surface area (Å²) in [5.74, 6) is 0.684. The highest BCUT2D eigenvalue weighted by Gasteiger charge is 2.13. The Balaban J connectivity index is 0.00000196. The Morgan fingerprint density at radius 1 is 1.07 bits per heavy atom. The second-order valence-corrected chi connectivity index (χ2v) is 5.18. The van der Waals surface area contributed by atoms with Gasteiger partial charge in [-0.3, -0.25) is 5.48 Å². The molecule has 0 aliphatic heterocycles. The van der Waals surface area contributed by atoms with Gasteiger partial charge in [-0.1, -0.05) is 58.9 Å². The first-order valence-electron chi connectivity index (χ1n) is 5.55. The number of benzene rings is 1. The summed E-state index contributed by atoms with van der Waals surface area (Å²) in [6.45, 7) is 11.3. The fourth-order valence-corrected chi connectivity index (χ4v) is 1.55. The third-order valence-corrected chi connectivity index (χ3v) is 2.96. The van der Waals surface area contributed by atoms with Crippen LogP contribution in [0.2, 0.25) is 0 Å². The minimum Gasteiger partial charge on any atom is -0.255 e. The van der Waals surface area contributed by atoms with Crippen LogP contribution in [0, 0.1) is 0 Å². The highest BCUT2D eigenvalue weighted by atomic mass is 16.0. The van der Waals surface area contributed by atoms with Crippen molar-refractivity contribution in [1.29, 1.82) is 0 Å². The molecule has 0 heterocycles. The molecule has 0 spiro atoms. The van der Waals surface area contributed by atoms with Crippen LogP contribution in [0.1, 0.15) is 58.1 Å². The Hall–Kier alpha value is -0.820. The van der Waals surface area contributed by atoms with Crippen LogP contribution >= 0.6 is 0 Å². The van der Waals surface area contributed by atoms with Crippen molar-refractivity contribution >= 4 is 0 Å². The lowest BCUT2D eigenvalue weighted by molar-refractivity contribution is 0.589. The average Bonchev–Trinajstić information content (AvgIpc) is 2.15. The zero-order valence-electron chi connectivity index (χ0n) is 10.5. The largest absolute Gasteiger partial charge is 0.255 e. The summed E-state index contributed by atoms with van der Waals surface area (Å²) in [6, 6.07) is 9.08. The fraction of sp³-hybridized carbons (Fsp3) is 0.571. The molecule has 0 saturated heterocycles. The van der Waals surface area contributed by atoms with Crippen LogP contribution in [-0.2, 0) is 5.41 Å². The third kappa shape index (κ3) is 3.67. The molecule has 15 heavy (non-hydrogen) atoms. The minimum absolute atomic E-state index is 0. The maximum atomic E-state index is 2.28. The van der Waals surface area contributed by atoms with Gasteiger partial charge >= 0.3 is 0 Å². The molecule has 0 fully saturated rings. The molecule has 1 nitrogen and oxygen atoms in total. The van der Waals surface area contributed by atoms with Crippen molar-refractivity contribution in [2.24, 2.45) is 0 Å². The fourth-order valence-electron chi connectivity index (χ4n) is 1.55. The second-order valence-electron chi connectivity index (χ2n) is 5.18. The topological polar surface area (TPSA) is 30.0 Å². The lowest BCUT2D eigenvalue weighted by atomic mass is 9.85. The summed E-state index contributed by atoms with van der Waals surface area (Å²) >= 11 is 0. The average molecular weight is 207 g/mol. The standard InChI is InChI=1S/C14H22.HO/c1-6-11(2)12-7-9-13(10-8-12)14(3,4)5;/h7-11H,6H2,1-5H3;1H. The SMILES string of the molecule is CCC(C)c1ccc(C(C)(C)C)cc1.[OH]. The second kappa shape index (κ2) is 5.32. The van der Waals surface area contributed by atoms with Crippen LogP contribution in [0.25, 0.3) is 0 Å². The maximum absolute atomic E-state index is 2.28. The van der Waals surface area contributed by atoms with Gasteiger partial charge < -0.3 is 0 Å². The first kappa shape index (κ1) is 14.2. The normalized spacial score (nSPS) is 13.1. The lowest BCUT2D eigenvalue weighted by Crippen LogP contribution is -2.10. The molecule has 0 aliphatic carbocycles. The van der Waals surface area contributed by atoms with Crippen molar-refractivity contribution in [3.63, 3.8) is 0 Å². The Bertz CT molecular complexity index is 279. The van der Waals surface area contributed by atoms with Crippen molar-refractivity contribution in [3.8, 4) is 0 Å². The summed E-state index contributed by atoms with van der Waals surface area (Å²) in [5.41, 5.74) is 3.15. The minimum atomic E-state index is 0. The molecule has 0 amide bonds. The quantitative estimate of drug-likeness (QED) is 0.748. The Morgan fingerprint density at radius 3 is 1.87 bits per heavy atom. The van der Waals surface area contributed by atoms with Crippen LogP contribution in [0.3, 0.4) is 0 Å². The Labute approximate surface area is 93.8 Å². The van der Waals surface area contributed by atoms with E-state index in [2.05, 4.69) is 58.9 Å². The molecule has 1 N–H and O–H groups in total. The van der Waals surface area contributed by atoms with Crippen molar-refractivity contribution < 1.29 is 5.48 Å². The lowest BCUT2D eigenvalue weighted by Gasteiger charge is -2.20. The van der Waals surface area contributed by atoms with Crippen LogP contribution in [0.4, 0.5) is 0 Å². The predicted molar refractivity (Wildman–Crippen MR) is 65.8 cm³/mol. The van der Waals surface area contributed by atoms with Gasteiger partial charge in [0.2, 0.25) is 0 Å². The van der Waals surface area contributed by atoms with Gasteiger partial charge in [0.1, 0.15) is 0 Å². The zero-order valence-corrected chi connectivity index (χ0v) is 10.5. The third-order valence-electron chi connectivity index (χ3n) is 2.96. The van der Waals surface area contributed by atoms with Gasteiger partial charge in [0, 0.05) is 0 Å². The van der Waals surface area contributed by atoms with Crippen LogP contribution in [0.5, 0.6) is 0 Å². The summed E-state index contributed by atoms with van der Waals surface area (Å²) in [6.07, 6.45) is 1.22. The Morgan fingerprint density at radius 2 is 1.53 bits per heavy atom. The number of hydrogen-bond donors (Lipinski definition) is 1. The molecule has 0 saturated carbocycles. The van der Waals surface area contributed by atoms with E-state index >= 15 is 0 Å². The maximum Gasteiger partial charge on any atom is -0.0132 e. The van der Waals surface area contributed by atoms with E-state index in [1.165, 1.54) is 17.5 Å². The summed E-state index contributed by atoms with van der Waals surface area (Å²) in [7, 11) is 0. The molecule has 0 aliphatic rings. The highest BCUT2D eigenvalue weighted by Crippen LogP contribution is 2.25. The molecule has 1 atom stereocenters. The number of hydrogen-bond acceptors (Lipinski definition) is 0. The van der Waals surface area contributed by atoms with E-state index in [4.69, 9.17) is 0 Å². The summed E-state index contributed by atoms with van der Waals surface area (Å²) < 4.78 is 0. The molecule has 1 heteroatoms. The molecule has 0 aromatic heterocycles. The summed E-state index contributed by atoms with van der Waals surface area (Å²) in [4.78, 5) is 0. The van der Waals surface area contributed by atoms with Gasteiger partial charge in [0.05, 0.1) is 0 Å². The first-order valence-corrected chi connectivity index (χ1v) is 5.55. The van der Waals surface area contributed by atoms with Crippen molar-refractivity contribution in [1.82, 2.24) is 0 Å². The smallest absolute Gasteiger partial charge is 0.0132 e. The molecular formula is C14H23O. The highest BCUT2D eigenvalue weighted by molar-refractivity contribution is 5.29. The van der Waals surface area contributed by atoms with E-state index in [1.807, 2.05) is 0 Å². The number of rotatable bonds is 2. The van der Waals surface area contributed by atoms with Crippen LogP contribution < -0.4 is 0 Å². The summed E-state index contributed by atoms with van der Waals surface area (Å²) in [5, 5.41) is 0. The van der Waals surface area contributed by atoms with E-state index in [9.17, 15) is 0 Å². The van der Waals surface area contributed by atoms with Gasteiger partial charge in [-0.2, -0.15) is 0 Å². The molecule has 1 aromatic rings. The van der Waals surface area contributed by atoms with E-state index in [0.29, 0.717) is 5.92 Å². The van der Waals surface area contributed by atoms with Gasteiger partial charge in [-0.25, -0.2) is 0 Å². The molecular weight excluding hydrogens is 184 g/mol. The molecule has 1 radical (unpaired) electrons. The predicted octanol–water partition coefficient (Wildman–Crippen LogP) is 4.32. The first-order chi connectivity index (χ1) is 6.45. The molecule has 1 rings (SSSR count). The molecule has 0 bridgehead atoms. The Kier molecular flexibility index (Phi) is 5.02. The zero-order chi connectivity index (χ0) is 10.8.